The first-order chi connectivity index (χ1) is 10.1. The largest absolute Gasteiger partial charge is 0.293 e. The fraction of sp³-hybridized carbons (Fsp3) is 0.133. The van der Waals surface area contributed by atoms with Crippen molar-refractivity contribution < 1.29 is 8.78 Å². The second-order valence-corrected chi connectivity index (χ2v) is 5.29. The molecule has 0 N–H and O–H groups in total. The fourth-order valence-corrected chi connectivity index (χ4v) is 2.63. The van der Waals surface area contributed by atoms with E-state index >= 15 is 0 Å². The van der Waals surface area contributed by atoms with Gasteiger partial charge in [-0.1, -0.05) is 17.7 Å². The van der Waals surface area contributed by atoms with Gasteiger partial charge in [-0.25, -0.2) is 13.8 Å². The molecule has 0 atom stereocenters. The first kappa shape index (κ1) is 14.3. The summed E-state index contributed by atoms with van der Waals surface area (Å²) in [4.78, 5) is 4.34. The lowest BCUT2D eigenvalue weighted by Gasteiger charge is -2.10. The minimum Gasteiger partial charge on any atom is -0.293 e. The van der Waals surface area contributed by atoms with Gasteiger partial charge >= 0.3 is 0 Å². The van der Waals surface area contributed by atoms with E-state index in [9.17, 15) is 8.78 Å². The highest BCUT2D eigenvalue weighted by atomic mass is 35.5. The summed E-state index contributed by atoms with van der Waals surface area (Å²) >= 11 is 11.6. The van der Waals surface area contributed by atoms with Crippen molar-refractivity contribution in [1.82, 2.24) is 9.55 Å². The topological polar surface area (TPSA) is 17.8 Å². The zero-order chi connectivity index (χ0) is 15.0. The third-order valence-electron chi connectivity index (χ3n) is 3.18. The van der Waals surface area contributed by atoms with Crippen LogP contribution in [-0.4, -0.2) is 15.4 Å². The lowest BCUT2D eigenvalue weighted by atomic mass is 10.2. The predicted octanol–water partition coefficient (Wildman–Crippen LogP) is 4.74. The third kappa shape index (κ3) is 2.49. The summed E-state index contributed by atoms with van der Waals surface area (Å²) in [5, 5.41) is 0.0216. The van der Waals surface area contributed by atoms with E-state index in [0.29, 0.717) is 29.2 Å². The highest BCUT2D eigenvalue weighted by Gasteiger charge is 2.16. The van der Waals surface area contributed by atoms with Crippen molar-refractivity contribution in [3.8, 4) is 5.69 Å². The molecule has 0 aliphatic heterocycles. The van der Waals surface area contributed by atoms with Gasteiger partial charge in [0.2, 0.25) is 0 Å². The molecule has 3 rings (SSSR count). The molecule has 0 unspecified atom stereocenters. The third-order valence-corrected chi connectivity index (χ3v) is 3.66. The normalized spacial score (nSPS) is 11.2. The number of benzene rings is 2. The molecular formula is C15H10Cl2F2N2. The molecule has 3 aromatic rings. The van der Waals surface area contributed by atoms with Gasteiger partial charge in [-0.05, 0) is 24.3 Å². The Balaban J connectivity index is 2.33. The van der Waals surface area contributed by atoms with Gasteiger partial charge in [-0.3, -0.25) is 4.57 Å². The number of fused-ring (bicyclic) bond motifs is 1. The molecule has 1 heterocycles. The van der Waals surface area contributed by atoms with Gasteiger partial charge < -0.3 is 0 Å². The summed E-state index contributed by atoms with van der Waals surface area (Å²) in [6.45, 7) is 0. The highest BCUT2D eigenvalue weighted by Crippen LogP contribution is 2.27. The lowest BCUT2D eigenvalue weighted by Crippen LogP contribution is -2.04. The number of hydrogen-bond donors (Lipinski definition) is 0. The minimum atomic E-state index is -0.543. The van der Waals surface area contributed by atoms with E-state index in [2.05, 4.69) is 4.98 Å². The van der Waals surface area contributed by atoms with Crippen molar-refractivity contribution >= 4 is 34.2 Å². The molecule has 108 valence electrons. The lowest BCUT2D eigenvalue weighted by molar-refractivity contribution is 0.617. The van der Waals surface area contributed by atoms with Crippen molar-refractivity contribution in [2.45, 2.75) is 6.42 Å². The molecule has 21 heavy (non-hydrogen) atoms. The summed E-state index contributed by atoms with van der Waals surface area (Å²) < 4.78 is 29.3. The molecule has 0 aliphatic rings. The van der Waals surface area contributed by atoms with E-state index in [1.54, 1.807) is 22.8 Å². The summed E-state index contributed by atoms with van der Waals surface area (Å²) in [6, 6.07) is 8.92. The molecule has 0 radical (unpaired) electrons. The number of alkyl halides is 1. The molecule has 0 aliphatic carbocycles. The SMILES string of the molecule is Fc1ccc2c(c1)nc(CCCl)n2-c1cccc(Cl)c1F. The monoisotopic (exact) mass is 326 g/mol. The maximum Gasteiger partial charge on any atom is 0.165 e. The number of nitrogens with zero attached hydrogens (tertiary/aromatic N) is 2. The predicted molar refractivity (Wildman–Crippen MR) is 80.4 cm³/mol. The number of hydrogen-bond acceptors (Lipinski definition) is 1. The van der Waals surface area contributed by atoms with Crippen LogP contribution in [0.4, 0.5) is 8.78 Å². The Morgan fingerprint density at radius 2 is 1.95 bits per heavy atom. The molecule has 0 fully saturated rings. The Hall–Kier alpha value is -1.65. The van der Waals surface area contributed by atoms with Crippen molar-refractivity contribution in [3.63, 3.8) is 0 Å². The van der Waals surface area contributed by atoms with Crippen LogP contribution in [0.15, 0.2) is 36.4 Å². The van der Waals surface area contributed by atoms with Gasteiger partial charge in [0.25, 0.3) is 0 Å². The molecule has 2 nitrogen and oxygen atoms in total. The Labute approximate surface area is 129 Å². The van der Waals surface area contributed by atoms with E-state index in [1.165, 1.54) is 18.2 Å². The molecule has 2 aromatic carbocycles. The Morgan fingerprint density at radius 1 is 1.14 bits per heavy atom. The first-order valence-electron chi connectivity index (χ1n) is 6.29. The number of rotatable bonds is 3. The zero-order valence-electron chi connectivity index (χ0n) is 10.8. The average Bonchev–Trinajstić information content (AvgIpc) is 2.79. The molecule has 0 spiro atoms. The van der Waals surface area contributed by atoms with Crippen LogP contribution < -0.4 is 0 Å². The second kappa shape index (κ2) is 5.62. The highest BCUT2D eigenvalue weighted by molar-refractivity contribution is 6.30. The first-order valence-corrected chi connectivity index (χ1v) is 7.20. The molecular weight excluding hydrogens is 317 g/mol. The number of halogens is 4. The van der Waals surface area contributed by atoms with E-state index in [1.807, 2.05) is 0 Å². The van der Waals surface area contributed by atoms with Crippen LogP contribution in [0.5, 0.6) is 0 Å². The van der Waals surface area contributed by atoms with Crippen molar-refractivity contribution in [2.24, 2.45) is 0 Å². The van der Waals surface area contributed by atoms with Crippen LogP contribution in [0, 0.1) is 11.6 Å². The van der Waals surface area contributed by atoms with Gasteiger partial charge in [0.15, 0.2) is 5.82 Å². The molecule has 0 saturated heterocycles. The van der Waals surface area contributed by atoms with Gasteiger partial charge in [0, 0.05) is 18.4 Å². The quantitative estimate of drug-likeness (QED) is 0.636. The van der Waals surface area contributed by atoms with Crippen LogP contribution in [0.25, 0.3) is 16.7 Å². The maximum absolute atomic E-state index is 14.3. The Kier molecular flexibility index (Phi) is 3.83. The molecule has 6 heteroatoms. The molecule has 1 aromatic heterocycles. The summed E-state index contributed by atoms with van der Waals surface area (Å²) in [6.07, 6.45) is 0.434. The number of aromatic nitrogens is 2. The summed E-state index contributed by atoms with van der Waals surface area (Å²) in [7, 11) is 0. The number of aryl methyl sites for hydroxylation is 1. The van der Waals surface area contributed by atoms with Gasteiger partial charge in [0.1, 0.15) is 11.6 Å². The smallest absolute Gasteiger partial charge is 0.165 e. The van der Waals surface area contributed by atoms with E-state index in [4.69, 9.17) is 23.2 Å². The van der Waals surface area contributed by atoms with Crippen LogP contribution in [0.1, 0.15) is 5.82 Å². The average molecular weight is 327 g/mol. The van der Waals surface area contributed by atoms with Crippen LogP contribution in [0.3, 0.4) is 0 Å². The Bertz CT molecular complexity index is 815. The van der Waals surface area contributed by atoms with Crippen LogP contribution in [-0.2, 0) is 6.42 Å². The van der Waals surface area contributed by atoms with E-state index in [-0.39, 0.29) is 10.7 Å². The van der Waals surface area contributed by atoms with E-state index < -0.39 is 11.6 Å². The molecule has 0 saturated carbocycles. The number of imidazole rings is 1. The standard InChI is InChI=1S/C15H10Cl2F2N2/c16-7-6-14-20-11-8-9(18)4-5-12(11)21(14)13-3-1-2-10(17)15(13)19/h1-5,8H,6-7H2. The summed E-state index contributed by atoms with van der Waals surface area (Å²) in [5.74, 6) is -0.0462. The van der Waals surface area contributed by atoms with Gasteiger partial charge in [-0.15, -0.1) is 11.6 Å². The van der Waals surface area contributed by atoms with Gasteiger partial charge in [-0.2, -0.15) is 0 Å². The van der Waals surface area contributed by atoms with Crippen molar-refractivity contribution in [3.05, 3.63) is 58.9 Å². The van der Waals surface area contributed by atoms with Crippen LogP contribution >= 0.6 is 23.2 Å². The summed E-state index contributed by atoms with van der Waals surface area (Å²) in [5.41, 5.74) is 1.34. The van der Waals surface area contributed by atoms with Crippen molar-refractivity contribution in [1.29, 1.82) is 0 Å². The molecule has 0 amide bonds. The van der Waals surface area contributed by atoms with Crippen molar-refractivity contribution in [2.75, 3.05) is 5.88 Å². The zero-order valence-corrected chi connectivity index (χ0v) is 12.3. The van der Waals surface area contributed by atoms with E-state index in [0.717, 1.165) is 0 Å². The van der Waals surface area contributed by atoms with Gasteiger partial charge in [0.05, 0.1) is 21.7 Å². The second-order valence-electron chi connectivity index (χ2n) is 4.51. The maximum atomic E-state index is 14.3. The fourth-order valence-electron chi connectivity index (χ4n) is 2.29. The molecule has 0 bridgehead atoms. The van der Waals surface area contributed by atoms with Crippen LogP contribution in [0.2, 0.25) is 5.02 Å². The minimum absolute atomic E-state index is 0.0216. The Morgan fingerprint density at radius 3 is 2.71 bits per heavy atom.